The highest BCUT2D eigenvalue weighted by Crippen LogP contribution is 2.55. The van der Waals surface area contributed by atoms with Gasteiger partial charge < -0.3 is 15.0 Å². The molecule has 0 aromatic rings. The zero-order valence-corrected chi connectivity index (χ0v) is 14.1. The van der Waals surface area contributed by atoms with Crippen LogP contribution in [-0.4, -0.2) is 43.3 Å². The van der Waals surface area contributed by atoms with Crippen LogP contribution in [0.1, 0.15) is 52.4 Å². The molecule has 1 amide bonds. The summed E-state index contributed by atoms with van der Waals surface area (Å²) in [4.78, 5) is 14.0. The first-order chi connectivity index (χ1) is 10.5. The third-order valence-corrected chi connectivity index (χ3v) is 6.47. The number of hydrogen-bond acceptors (Lipinski definition) is 2. The van der Waals surface area contributed by atoms with Crippen molar-refractivity contribution in [1.82, 2.24) is 5.32 Å². The summed E-state index contributed by atoms with van der Waals surface area (Å²) >= 11 is 0. The standard InChI is InChI=1S/C18H30N2O2/c1-12-9-20(10-13(2)22-12)11-17(21)19-18-6-14-3-15(7-18)5-16(4-14)8-18/h12-16H,3-11H2,1-2H3,(H,19,21)/p+1/t12-,13+,14?,15?,16?,18?. The van der Waals surface area contributed by atoms with E-state index >= 15 is 0 Å². The van der Waals surface area contributed by atoms with Crippen LogP contribution < -0.4 is 10.2 Å². The molecular formula is C18H31N2O2+. The minimum Gasteiger partial charge on any atom is -0.364 e. The number of carbonyl (C=O) groups is 1. The zero-order valence-electron chi connectivity index (χ0n) is 14.1. The average molecular weight is 307 g/mol. The van der Waals surface area contributed by atoms with Crippen molar-refractivity contribution in [2.24, 2.45) is 17.8 Å². The maximum atomic E-state index is 12.6. The van der Waals surface area contributed by atoms with Crippen molar-refractivity contribution in [3.63, 3.8) is 0 Å². The Hall–Kier alpha value is -0.610. The first-order valence-corrected chi connectivity index (χ1v) is 9.30. The number of quaternary nitrogens is 1. The average Bonchev–Trinajstić information content (AvgIpc) is 2.33. The number of amides is 1. The lowest BCUT2D eigenvalue weighted by molar-refractivity contribution is -0.907. The van der Waals surface area contributed by atoms with Crippen LogP contribution in [-0.2, 0) is 9.53 Å². The fourth-order valence-electron chi connectivity index (χ4n) is 6.36. The van der Waals surface area contributed by atoms with Gasteiger partial charge in [-0.3, -0.25) is 4.79 Å². The molecule has 5 aliphatic rings. The Balaban J connectivity index is 1.36. The first-order valence-electron chi connectivity index (χ1n) is 9.30. The second-order valence-corrected chi connectivity index (χ2v) is 8.84. The molecule has 4 saturated carbocycles. The maximum absolute atomic E-state index is 12.6. The predicted octanol–water partition coefficient (Wildman–Crippen LogP) is 0.764. The first kappa shape index (κ1) is 14.9. The summed E-state index contributed by atoms with van der Waals surface area (Å²) in [6.45, 7) is 6.77. The molecule has 1 unspecified atom stereocenters. The molecule has 0 spiro atoms. The topological polar surface area (TPSA) is 42.8 Å². The highest BCUT2D eigenvalue weighted by Gasteiger charge is 2.51. The van der Waals surface area contributed by atoms with Gasteiger partial charge in [-0.15, -0.1) is 0 Å². The largest absolute Gasteiger partial charge is 0.364 e. The second kappa shape index (κ2) is 5.48. The van der Waals surface area contributed by atoms with Crippen molar-refractivity contribution >= 4 is 5.91 Å². The van der Waals surface area contributed by atoms with Gasteiger partial charge in [-0.25, -0.2) is 0 Å². The molecule has 5 rings (SSSR count). The summed E-state index contributed by atoms with van der Waals surface area (Å²) in [5.74, 6) is 2.95. The number of hydrogen-bond donors (Lipinski definition) is 2. The van der Waals surface area contributed by atoms with E-state index in [1.165, 1.54) is 43.4 Å². The van der Waals surface area contributed by atoms with Crippen LogP contribution in [0.25, 0.3) is 0 Å². The Morgan fingerprint density at radius 2 is 1.55 bits per heavy atom. The molecule has 5 fully saturated rings. The minimum absolute atomic E-state index is 0.162. The molecule has 124 valence electrons. The maximum Gasteiger partial charge on any atom is 0.275 e. The van der Waals surface area contributed by atoms with Crippen molar-refractivity contribution in [2.75, 3.05) is 19.6 Å². The van der Waals surface area contributed by atoms with Gasteiger partial charge in [0.25, 0.3) is 5.91 Å². The summed E-state index contributed by atoms with van der Waals surface area (Å²) in [6, 6.07) is 0. The number of ether oxygens (including phenoxy) is 1. The SMILES string of the molecule is C[C@@H]1C[NH+](CC(=O)NC23CC4CC(CC(C4)C2)C3)C[C@H](C)O1. The van der Waals surface area contributed by atoms with Crippen molar-refractivity contribution in [1.29, 1.82) is 0 Å². The molecule has 0 aromatic carbocycles. The lowest BCUT2D eigenvalue weighted by atomic mass is 9.53. The van der Waals surface area contributed by atoms with Gasteiger partial charge in [0, 0.05) is 5.54 Å². The van der Waals surface area contributed by atoms with Gasteiger partial charge in [-0.1, -0.05) is 0 Å². The van der Waals surface area contributed by atoms with E-state index in [-0.39, 0.29) is 23.7 Å². The molecule has 4 bridgehead atoms. The summed E-state index contributed by atoms with van der Waals surface area (Å²) in [5, 5.41) is 3.50. The van der Waals surface area contributed by atoms with Crippen LogP contribution in [0.5, 0.6) is 0 Å². The minimum atomic E-state index is 0.162. The monoisotopic (exact) mass is 307 g/mol. The molecule has 2 N–H and O–H groups in total. The number of rotatable bonds is 3. The van der Waals surface area contributed by atoms with Crippen LogP contribution in [0.4, 0.5) is 0 Å². The summed E-state index contributed by atoms with van der Waals surface area (Å²) in [5.41, 5.74) is 0.162. The lowest BCUT2D eigenvalue weighted by Crippen LogP contribution is -3.16. The Labute approximate surface area is 134 Å². The highest BCUT2D eigenvalue weighted by atomic mass is 16.5. The Morgan fingerprint density at radius 3 is 2.05 bits per heavy atom. The van der Waals surface area contributed by atoms with E-state index in [2.05, 4.69) is 19.2 Å². The van der Waals surface area contributed by atoms with E-state index in [9.17, 15) is 4.79 Å². The van der Waals surface area contributed by atoms with E-state index in [0.717, 1.165) is 30.8 Å². The lowest BCUT2D eigenvalue weighted by Gasteiger charge is -2.56. The molecule has 4 heteroatoms. The molecule has 22 heavy (non-hydrogen) atoms. The van der Waals surface area contributed by atoms with Crippen molar-refractivity contribution < 1.29 is 14.4 Å². The Morgan fingerprint density at radius 1 is 1.05 bits per heavy atom. The van der Waals surface area contributed by atoms with Gasteiger partial charge in [-0.05, 0) is 70.1 Å². The molecule has 1 saturated heterocycles. The van der Waals surface area contributed by atoms with E-state index in [1.54, 1.807) is 0 Å². The quantitative estimate of drug-likeness (QED) is 0.808. The van der Waals surface area contributed by atoms with Crippen molar-refractivity contribution in [3.8, 4) is 0 Å². The molecule has 0 aromatic heterocycles. The highest BCUT2D eigenvalue weighted by molar-refractivity contribution is 5.77. The van der Waals surface area contributed by atoms with Crippen molar-refractivity contribution in [3.05, 3.63) is 0 Å². The van der Waals surface area contributed by atoms with E-state index in [4.69, 9.17) is 4.74 Å². The molecule has 1 heterocycles. The predicted molar refractivity (Wildman–Crippen MR) is 84.6 cm³/mol. The van der Waals surface area contributed by atoms with Crippen LogP contribution >= 0.6 is 0 Å². The van der Waals surface area contributed by atoms with E-state index in [0.29, 0.717) is 6.54 Å². The fourth-order valence-corrected chi connectivity index (χ4v) is 6.36. The van der Waals surface area contributed by atoms with Crippen molar-refractivity contribution in [2.45, 2.75) is 70.1 Å². The number of morpholine rings is 1. The summed E-state index contributed by atoms with van der Waals surface area (Å²) in [6.07, 6.45) is 8.57. The van der Waals surface area contributed by atoms with Crippen LogP contribution in [0.15, 0.2) is 0 Å². The number of nitrogens with one attached hydrogen (secondary N) is 2. The van der Waals surface area contributed by atoms with Crippen LogP contribution in [0.3, 0.4) is 0 Å². The molecule has 4 aliphatic carbocycles. The van der Waals surface area contributed by atoms with Gasteiger partial charge in [0.05, 0.1) is 0 Å². The number of carbonyl (C=O) groups excluding carboxylic acids is 1. The van der Waals surface area contributed by atoms with Gasteiger partial charge in [0.1, 0.15) is 25.3 Å². The molecule has 0 radical (unpaired) electrons. The molecule has 3 atom stereocenters. The van der Waals surface area contributed by atoms with Crippen LogP contribution in [0, 0.1) is 17.8 Å². The zero-order chi connectivity index (χ0) is 15.3. The molecule has 4 nitrogen and oxygen atoms in total. The molecular weight excluding hydrogens is 276 g/mol. The van der Waals surface area contributed by atoms with Gasteiger partial charge in [-0.2, -0.15) is 0 Å². The third kappa shape index (κ3) is 2.92. The van der Waals surface area contributed by atoms with E-state index < -0.39 is 0 Å². The van der Waals surface area contributed by atoms with Gasteiger partial charge >= 0.3 is 0 Å². The van der Waals surface area contributed by atoms with Gasteiger partial charge in [0.2, 0.25) is 0 Å². The second-order valence-electron chi connectivity index (χ2n) is 8.84. The smallest absolute Gasteiger partial charge is 0.275 e. The third-order valence-electron chi connectivity index (χ3n) is 6.47. The van der Waals surface area contributed by atoms with Crippen LogP contribution in [0.2, 0.25) is 0 Å². The normalized spacial score (nSPS) is 50.1. The Kier molecular flexibility index (Phi) is 3.73. The van der Waals surface area contributed by atoms with Gasteiger partial charge in [0.15, 0.2) is 6.54 Å². The summed E-state index contributed by atoms with van der Waals surface area (Å²) in [7, 11) is 0. The molecule has 1 aliphatic heterocycles. The Bertz CT molecular complexity index is 405. The summed E-state index contributed by atoms with van der Waals surface area (Å²) < 4.78 is 5.78. The fraction of sp³-hybridized carbons (Fsp3) is 0.944. The van der Waals surface area contributed by atoms with E-state index in [1.807, 2.05) is 0 Å².